The van der Waals surface area contributed by atoms with Crippen molar-refractivity contribution in [3.8, 4) is 0 Å². The van der Waals surface area contributed by atoms with Gasteiger partial charge >= 0.3 is 5.97 Å². The van der Waals surface area contributed by atoms with Gasteiger partial charge in [0.2, 0.25) is 11.8 Å². The number of hydrogen-bond donors (Lipinski definition) is 2. The van der Waals surface area contributed by atoms with Gasteiger partial charge in [0.05, 0.1) is 18.4 Å². The van der Waals surface area contributed by atoms with E-state index in [0.29, 0.717) is 24.5 Å². The van der Waals surface area contributed by atoms with Gasteiger partial charge in [-0.3, -0.25) is 14.4 Å². The van der Waals surface area contributed by atoms with Gasteiger partial charge in [-0.1, -0.05) is 30.7 Å². The number of amides is 2. The Balaban J connectivity index is 2.05. The topological polar surface area (TPSA) is 86.7 Å². The Morgan fingerprint density at radius 3 is 2.48 bits per heavy atom. The predicted molar refractivity (Wildman–Crippen MR) is 94.1 cm³/mol. The van der Waals surface area contributed by atoms with E-state index < -0.39 is 17.9 Å². The lowest BCUT2D eigenvalue weighted by atomic mass is 9.86. The van der Waals surface area contributed by atoms with Crippen molar-refractivity contribution in [3.05, 3.63) is 34.9 Å². The first-order valence-electron chi connectivity index (χ1n) is 8.31. The molecule has 1 saturated heterocycles. The number of rotatable bonds is 5. The largest absolute Gasteiger partial charge is 0.481 e. The van der Waals surface area contributed by atoms with E-state index in [2.05, 4.69) is 5.32 Å². The average molecular weight is 367 g/mol. The summed E-state index contributed by atoms with van der Waals surface area (Å²) in [5.74, 6) is -1.62. The lowest BCUT2D eigenvalue weighted by Crippen LogP contribution is -2.46. The van der Waals surface area contributed by atoms with Gasteiger partial charge in [-0.05, 0) is 30.0 Å². The fourth-order valence-corrected chi connectivity index (χ4v) is 3.36. The molecule has 25 heavy (non-hydrogen) atoms. The number of halogens is 1. The maximum absolute atomic E-state index is 12.7. The Bertz CT molecular complexity index is 647. The number of nitrogens with zero attached hydrogens (tertiary/aromatic N) is 1. The van der Waals surface area contributed by atoms with Crippen LogP contribution in [0, 0.1) is 11.8 Å². The lowest BCUT2D eigenvalue weighted by Gasteiger charge is -2.35. The minimum Gasteiger partial charge on any atom is -0.481 e. The second-order valence-corrected chi connectivity index (χ2v) is 7.00. The van der Waals surface area contributed by atoms with Crippen LogP contribution in [0.15, 0.2) is 24.3 Å². The van der Waals surface area contributed by atoms with Crippen LogP contribution in [0.2, 0.25) is 5.02 Å². The minimum absolute atomic E-state index is 0.0926. The van der Waals surface area contributed by atoms with Crippen molar-refractivity contribution in [2.45, 2.75) is 32.7 Å². The van der Waals surface area contributed by atoms with Crippen molar-refractivity contribution in [1.82, 2.24) is 10.2 Å². The molecule has 6 nitrogen and oxygen atoms in total. The van der Waals surface area contributed by atoms with Crippen LogP contribution in [0.3, 0.4) is 0 Å². The zero-order valence-corrected chi connectivity index (χ0v) is 15.1. The van der Waals surface area contributed by atoms with E-state index in [4.69, 9.17) is 11.6 Å². The van der Waals surface area contributed by atoms with Crippen molar-refractivity contribution >= 4 is 29.4 Å². The molecule has 136 valence electrons. The number of aliphatic carboxylic acids is 1. The zero-order chi connectivity index (χ0) is 18.6. The molecule has 7 heteroatoms. The van der Waals surface area contributed by atoms with Crippen LogP contribution in [0.25, 0.3) is 0 Å². The molecule has 0 radical (unpaired) electrons. The number of carbonyl (C=O) groups excluding carboxylic acids is 2. The molecule has 2 amide bonds. The van der Waals surface area contributed by atoms with E-state index in [9.17, 15) is 19.5 Å². The number of carbonyl (C=O) groups is 3. The number of hydrogen-bond acceptors (Lipinski definition) is 3. The van der Waals surface area contributed by atoms with Crippen molar-refractivity contribution in [1.29, 1.82) is 0 Å². The molecule has 2 N–H and O–H groups in total. The first-order valence-corrected chi connectivity index (χ1v) is 8.69. The number of likely N-dealkylation sites (tertiary alicyclic amines) is 1. The van der Waals surface area contributed by atoms with E-state index in [-0.39, 0.29) is 24.2 Å². The van der Waals surface area contributed by atoms with Crippen LogP contribution in [-0.2, 0) is 14.4 Å². The highest BCUT2D eigenvalue weighted by molar-refractivity contribution is 6.30. The Hall–Kier alpha value is -2.08. The van der Waals surface area contributed by atoms with Gasteiger partial charge in [0.15, 0.2) is 0 Å². The third-order valence-electron chi connectivity index (χ3n) is 4.60. The molecule has 3 atom stereocenters. The zero-order valence-electron chi connectivity index (χ0n) is 14.4. The van der Waals surface area contributed by atoms with E-state index in [1.807, 2.05) is 6.92 Å². The smallest absolute Gasteiger partial charge is 0.306 e. The SMILES string of the molecule is CC(=O)NC(CC(=O)N1CCC(C(=O)O)C(C)C1)c1ccc(Cl)cc1. The highest BCUT2D eigenvalue weighted by atomic mass is 35.5. The summed E-state index contributed by atoms with van der Waals surface area (Å²) in [6, 6.07) is 6.58. The highest BCUT2D eigenvalue weighted by Gasteiger charge is 2.33. The molecule has 1 fully saturated rings. The Morgan fingerprint density at radius 1 is 1.32 bits per heavy atom. The summed E-state index contributed by atoms with van der Waals surface area (Å²) in [4.78, 5) is 37.0. The second kappa shape index (κ2) is 8.34. The molecule has 0 spiro atoms. The first kappa shape index (κ1) is 19.2. The minimum atomic E-state index is -0.808. The fourth-order valence-electron chi connectivity index (χ4n) is 3.24. The van der Waals surface area contributed by atoms with Gasteiger partial charge < -0.3 is 15.3 Å². The molecule has 0 aromatic heterocycles. The van der Waals surface area contributed by atoms with Crippen LogP contribution in [-0.4, -0.2) is 40.9 Å². The molecule has 1 aromatic carbocycles. The molecule has 1 aliphatic rings. The Kier molecular flexibility index (Phi) is 6.42. The van der Waals surface area contributed by atoms with Crippen molar-refractivity contribution < 1.29 is 19.5 Å². The average Bonchev–Trinajstić information content (AvgIpc) is 2.54. The fraction of sp³-hybridized carbons (Fsp3) is 0.500. The molecule has 0 aliphatic carbocycles. The van der Waals surface area contributed by atoms with Crippen LogP contribution in [0.1, 0.15) is 38.3 Å². The molecule has 1 aliphatic heterocycles. The highest BCUT2D eigenvalue weighted by Crippen LogP contribution is 2.26. The summed E-state index contributed by atoms with van der Waals surface area (Å²) in [5.41, 5.74) is 0.807. The maximum atomic E-state index is 12.7. The molecule has 1 heterocycles. The van der Waals surface area contributed by atoms with Crippen molar-refractivity contribution in [3.63, 3.8) is 0 Å². The van der Waals surface area contributed by atoms with Gasteiger partial charge in [-0.25, -0.2) is 0 Å². The molecular weight excluding hydrogens is 344 g/mol. The van der Waals surface area contributed by atoms with E-state index in [1.54, 1.807) is 29.2 Å². The Morgan fingerprint density at radius 2 is 1.96 bits per heavy atom. The lowest BCUT2D eigenvalue weighted by molar-refractivity contribution is -0.148. The first-order chi connectivity index (χ1) is 11.8. The summed E-state index contributed by atoms with van der Waals surface area (Å²) in [6.45, 7) is 4.10. The number of benzene rings is 1. The van der Waals surface area contributed by atoms with Crippen molar-refractivity contribution in [2.75, 3.05) is 13.1 Å². The van der Waals surface area contributed by atoms with E-state index in [1.165, 1.54) is 6.92 Å². The van der Waals surface area contributed by atoms with Crippen LogP contribution < -0.4 is 5.32 Å². The number of nitrogens with one attached hydrogen (secondary N) is 1. The van der Waals surface area contributed by atoms with E-state index >= 15 is 0 Å². The van der Waals surface area contributed by atoms with Gasteiger partial charge in [-0.2, -0.15) is 0 Å². The molecular formula is C18H23ClN2O4. The van der Waals surface area contributed by atoms with Crippen LogP contribution >= 0.6 is 11.6 Å². The van der Waals surface area contributed by atoms with Crippen LogP contribution in [0.5, 0.6) is 0 Å². The van der Waals surface area contributed by atoms with Gasteiger partial charge in [-0.15, -0.1) is 0 Å². The summed E-state index contributed by atoms with van der Waals surface area (Å²) in [5, 5.41) is 12.6. The number of carboxylic acids is 1. The normalized spacial score (nSPS) is 21.5. The predicted octanol–water partition coefficient (Wildman–Crippen LogP) is 2.48. The second-order valence-electron chi connectivity index (χ2n) is 6.56. The number of carboxylic acid groups (broad SMARTS) is 1. The third-order valence-corrected chi connectivity index (χ3v) is 4.86. The molecule has 2 rings (SSSR count). The third kappa shape index (κ3) is 5.19. The van der Waals surface area contributed by atoms with Gasteiger partial charge in [0, 0.05) is 25.0 Å². The molecule has 1 aromatic rings. The summed E-state index contributed by atoms with van der Waals surface area (Å²) in [7, 11) is 0. The van der Waals surface area contributed by atoms with Gasteiger partial charge in [0.25, 0.3) is 0 Å². The molecule has 3 unspecified atom stereocenters. The van der Waals surface area contributed by atoms with E-state index in [0.717, 1.165) is 5.56 Å². The number of piperidine rings is 1. The standard InChI is InChI=1S/C18H23ClN2O4/c1-11-10-21(8-7-15(11)18(24)25)17(23)9-16(20-12(2)22)13-3-5-14(19)6-4-13/h3-6,11,15-16H,7-10H2,1-2H3,(H,20,22)(H,24,25). The quantitative estimate of drug-likeness (QED) is 0.838. The monoisotopic (exact) mass is 366 g/mol. The van der Waals surface area contributed by atoms with Gasteiger partial charge in [0.1, 0.15) is 0 Å². The van der Waals surface area contributed by atoms with Crippen molar-refractivity contribution in [2.24, 2.45) is 11.8 Å². The summed E-state index contributed by atoms with van der Waals surface area (Å²) in [6.07, 6.45) is 0.583. The Labute approximate surface area is 152 Å². The maximum Gasteiger partial charge on any atom is 0.306 e. The summed E-state index contributed by atoms with van der Waals surface area (Å²) >= 11 is 5.89. The molecule has 0 bridgehead atoms. The molecule has 0 saturated carbocycles. The summed E-state index contributed by atoms with van der Waals surface area (Å²) < 4.78 is 0. The van der Waals surface area contributed by atoms with Crippen LogP contribution in [0.4, 0.5) is 0 Å².